The molecule has 7 aromatic carbocycles. The van der Waals surface area contributed by atoms with Crippen molar-refractivity contribution in [2.75, 3.05) is 14.7 Å². The molecule has 6 nitrogen and oxygen atoms in total. The van der Waals surface area contributed by atoms with E-state index in [1.54, 1.807) is 0 Å². The Bertz CT molecular complexity index is 3420. The van der Waals surface area contributed by atoms with Crippen LogP contribution in [-0.2, 0) is 31.9 Å². The van der Waals surface area contributed by atoms with Gasteiger partial charge >= 0.3 is 0 Å². The molecule has 13 rings (SSSR count). The largest absolute Gasteiger partial charge is 0.509 e. The summed E-state index contributed by atoms with van der Waals surface area (Å²) in [5.74, 6) is 2.10. The Morgan fingerprint density at radius 3 is 1.82 bits per heavy atom. The molecule has 0 radical (unpaired) electrons. The van der Waals surface area contributed by atoms with Crippen molar-refractivity contribution in [2.45, 2.75) is 81.7 Å². The third-order valence-corrected chi connectivity index (χ3v) is 16.0. The van der Waals surface area contributed by atoms with Crippen LogP contribution < -0.4 is 19.4 Å². The number of aromatic nitrogens is 2. The fraction of sp³-hybridized carbons (Fsp3) is 0.143. The Morgan fingerprint density at radius 1 is 0.545 bits per heavy atom. The van der Waals surface area contributed by atoms with Gasteiger partial charge in [-0.05, 0) is 88.5 Å². The predicted molar refractivity (Wildman–Crippen MR) is 269 cm³/mol. The fourth-order valence-corrected chi connectivity index (χ4v) is 13.1. The van der Waals surface area contributed by atoms with Crippen molar-refractivity contribution < 1.29 is 25.8 Å². The number of rotatable bonds is 5. The minimum absolute atomic E-state index is 0. The van der Waals surface area contributed by atoms with Gasteiger partial charge in [-0.15, -0.1) is 53.6 Å². The molecule has 6 heterocycles. The number of fused-ring (bicyclic) bond motifs is 4. The van der Waals surface area contributed by atoms with Gasteiger partial charge in [0.15, 0.2) is 0 Å². The van der Waals surface area contributed by atoms with Crippen molar-refractivity contribution in [2.24, 2.45) is 0 Å². The van der Waals surface area contributed by atoms with Crippen LogP contribution in [-0.4, -0.2) is 9.55 Å². The standard InChI is InChI=1S/C56H42N5OS3.Pt/c1-55(2,3)33-23-24-57-51(27-33)60-41-14-8-7-13-39(41)40-22-21-37(31-44(40)60)62-38-26-34(56(4,5)6)25-35(28-38)58-32-59(43-16-10-9-15-42(43)58)36-29-49-54-50(30-36)65-48-20-12-18-46-53(48)61(54)52-45(63-46)17-11-19-47(52)64-49;/h7-27,29-30,32H,1-6H3;/q-3;. The quantitative estimate of drug-likeness (QED) is 0.158. The Labute approximate surface area is 412 Å². The molecule has 0 saturated heterocycles. The summed E-state index contributed by atoms with van der Waals surface area (Å²) in [6.07, 6.45) is 1.91. The average Bonchev–Trinajstić information content (AvgIpc) is 3.85. The van der Waals surface area contributed by atoms with Crippen LogP contribution in [0.5, 0.6) is 11.5 Å². The Hall–Kier alpha value is -5.57. The SMILES string of the molecule is CC(C)(C)c1cc(Oc2[c-]c3c(cc2)c2ccccc2n3-c2cc(C(C)(C)C)ccn2)[c-]c(N2[CH-]N(c3cc4c5c(c3)Sc3cccc6c3N5c3c(cccc3S4)S6)c3ccccc32)c1.[Pt]. The topological polar surface area (TPSA) is 36.8 Å². The van der Waals surface area contributed by atoms with E-state index in [2.05, 4.69) is 207 Å². The minimum atomic E-state index is -0.167. The van der Waals surface area contributed by atoms with Crippen LogP contribution in [0, 0.1) is 18.8 Å². The minimum Gasteiger partial charge on any atom is -0.509 e. The fourth-order valence-electron chi connectivity index (χ4n) is 9.50. The van der Waals surface area contributed by atoms with Gasteiger partial charge in [-0.3, -0.25) is 0 Å². The maximum atomic E-state index is 6.85. The third-order valence-electron chi connectivity index (χ3n) is 12.8. The molecule has 0 aliphatic carbocycles. The van der Waals surface area contributed by atoms with Gasteiger partial charge < -0.3 is 24.0 Å². The summed E-state index contributed by atoms with van der Waals surface area (Å²) >= 11 is 5.63. The molecule has 0 bridgehead atoms. The van der Waals surface area contributed by atoms with Crippen LogP contribution >= 0.6 is 35.3 Å². The molecule has 66 heavy (non-hydrogen) atoms. The van der Waals surface area contributed by atoms with Gasteiger partial charge in [0.2, 0.25) is 0 Å². The first-order chi connectivity index (χ1) is 31.4. The van der Waals surface area contributed by atoms with Crippen molar-refractivity contribution in [1.29, 1.82) is 0 Å². The summed E-state index contributed by atoms with van der Waals surface area (Å²) in [5.41, 5.74) is 12.3. The summed E-state index contributed by atoms with van der Waals surface area (Å²) in [6, 6.07) is 55.6. The molecule has 0 fully saturated rings. The van der Waals surface area contributed by atoms with E-state index in [9.17, 15) is 0 Å². The van der Waals surface area contributed by atoms with Gasteiger partial charge in [0.25, 0.3) is 0 Å². The molecular weight excluding hydrogens is 1050 g/mol. The monoisotopic (exact) mass is 1090 g/mol. The molecule has 0 N–H and O–H groups in total. The van der Waals surface area contributed by atoms with Gasteiger partial charge in [0.05, 0.1) is 17.1 Å². The Morgan fingerprint density at radius 2 is 1.15 bits per heavy atom. The molecule has 10 heteroatoms. The van der Waals surface area contributed by atoms with E-state index in [4.69, 9.17) is 9.72 Å². The number of benzene rings is 7. The van der Waals surface area contributed by atoms with Crippen LogP contribution in [0.3, 0.4) is 0 Å². The number of nitrogens with zero attached hydrogens (tertiary/aromatic N) is 5. The number of hydrogen-bond acceptors (Lipinski definition) is 8. The zero-order chi connectivity index (χ0) is 43.9. The second kappa shape index (κ2) is 15.2. The maximum Gasteiger partial charge on any atom is 0.135 e. The molecule has 0 atom stereocenters. The van der Waals surface area contributed by atoms with Crippen LogP contribution in [0.4, 0.5) is 39.8 Å². The second-order valence-corrected chi connectivity index (χ2v) is 22.3. The third kappa shape index (κ3) is 6.56. The summed E-state index contributed by atoms with van der Waals surface area (Å²) in [7, 11) is 0. The summed E-state index contributed by atoms with van der Waals surface area (Å²) < 4.78 is 9.06. The molecule has 0 saturated carbocycles. The van der Waals surface area contributed by atoms with Gasteiger partial charge in [0, 0.05) is 90.7 Å². The van der Waals surface area contributed by atoms with E-state index < -0.39 is 0 Å². The zero-order valence-electron chi connectivity index (χ0n) is 37.0. The van der Waals surface area contributed by atoms with E-state index in [1.807, 2.05) is 47.5 Å². The molecule has 328 valence electrons. The predicted octanol–water partition coefficient (Wildman–Crippen LogP) is 16.4. The Balaban J connectivity index is 0.00000456. The van der Waals surface area contributed by atoms with Gasteiger partial charge in [-0.1, -0.05) is 125 Å². The average molecular weight is 1090 g/mol. The summed E-state index contributed by atoms with van der Waals surface area (Å²) in [6.45, 7) is 15.7. The summed E-state index contributed by atoms with van der Waals surface area (Å²) in [4.78, 5) is 19.7. The van der Waals surface area contributed by atoms with Gasteiger partial charge in [-0.25, -0.2) is 4.98 Å². The van der Waals surface area contributed by atoms with E-state index in [-0.39, 0.29) is 31.9 Å². The van der Waals surface area contributed by atoms with E-state index >= 15 is 0 Å². The zero-order valence-corrected chi connectivity index (χ0v) is 41.8. The van der Waals surface area contributed by atoms with Crippen molar-refractivity contribution >= 4 is 96.9 Å². The molecule has 9 aromatic rings. The van der Waals surface area contributed by atoms with Crippen molar-refractivity contribution in [3.63, 3.8) is 0 Å². The number of anilines is 7. The summed E-state index contributed by atoms with van der Waals surface area (Å²) in [5, 5.41) is 2.24. The van der Waals surface area contributed by atoms with E-state index in [0.29, 0.717) is 11.5 Å². The van der Waals surface area contributed by atoms with Crippen molar-refractivity contribution in [3.8, 4) is 17.3 Å². The number of para-hydroxylation sites is 5. The van der Waals surface area contributed by atoms with Crippen LogP contribution in [0.1, 0.15) is 52.7 Å². The number of pyridine rings is 1. The smallest absolute Gasteiger partial charge is 0.135 e. The second-order valence-electron chi connectivity index (χ2n) is 19.0. The Kier molecular flexibility index (Phi) is 9.65. The van der Waals surface area contributed by atoms with Crippen LogP contribution in [0.2, 0.25) is 0 Å². The first kappa shape index (κ1) is 41.8. The van der Waals surface area contributed by atoms with Crippen LogP contribution in [0.15, 0.2) is 169 Å². The van der Waals surface area contributed by atoms with Crippen molar-refractivity contribution in [1.82, 2.24) is 9.55 Å². The molecule has 0 unspecified atom stereocenters. The van der Waals surface area contributed by atoms with Crippen molar-refractivity contribution in [3.05, 3.63) is 170 Å². The van der Waals surface area contributed by atoms with E-state index in [1.165, 1.54) is 52.0 Å². The van der Waals surface area contributed by atoms with E-state index in [0.717, 1.165) is 55.9 Å². The van der Waals surface area contributed by atoms with Gasteiger partial charge in [0.1, 0.15) is 5.82 Å². The van der Waals surface area contributed by atoms with Gasteiger partial charge in [-0.2, -0.15) is 6.07 Å². The van der Waals surface area contributed by atoms with Crippen LogP contribution in [0.25, 0.3) is 27.6 Å². The molecule has 0 spiro atoms. The molecule has 4 aliphatic rings. The normalized spacial score (nSPS) is 14.4. The maximum absolute atomic E-state index is 6.85. The first-order valence-electron chi connectivity index (χ1n) is 21.9. The number of ether oxygens (including phenoxy) is 1. The first-order valence-corrected chi connectivity index (χ1v) is 24.4. The molecule has 4 aliphatic heterocycles. The number of hydrogen-bond donors (Lipinski definition) is 0. The molecule has 0 amide bonds. The molecule has 2 aromatic heterocycles. The molecular formula is C56H42N5OPtS3-3.